The third-order valence-electron chi connectivity index (χ3n) is 3.74. The molecule has 0 aromatic heterocycles. The van der Waals surface area contributed by atoms with Gasteiger partial charge in [-0.05, 0) is 30.7 Å². The van der Waals surface area contributed by atoms with Gasteiger partial charge in [-0.2, -0.15) is 0 Å². The number of phenolic OH excluding ortho intramolecular Hbond substituents is 1. The third-order valence-corrected chi connectivity index (χ3v) is 4.09. The average Bonchev–Trinajstić information content (AvgIpc) is 2.81. The number of nitrogens with zero attached hydrogens (tertiary/aromatic N) is 2. The lowest BCUT2D eigenvalue weighted by Gasteiger charge is -2.15. The van der Waals surface area contributed by atoms with E-state index in [4.69, 9.17) is 11.6 Å². The summed E-state index contributed by atoms with van der Waals surface area (Å²) in [7, 11) is 0. The second kappa shape index (κ2) is 6.49. The SMILES string of the molecule is Cc1ccc(O)c(NC2=C(Cl)C(=O)N(c3cccc([N+](=O)[O-])c3)C2=O)c1. The van der Waals surface area contributed by atoms with Crippen LogP contribution in [-0.4, -0.2) is 21.8 Å². The second-order valence-electron chi connectivity index (χ2n) is 5.56. The lowest BCUT2D eigenvalue weighted by Crippen LogP contribution is -2.32. The zero-order chi connectivity index (χ0) is 19.0. The number of hydrogen-bond donors (Lipinski definition) is 2. The van der Waals surface area contributed by atoms with Crippen molar-refractivity contribution in [3.05, 3.63) is 68.9 Å². The van der Waals surface area contributed by atoms with Gasteiger partial charge in [-0.15, -0.1) is 0 Å². The van der Waals surface area contributed by atoms with E-state index in [0.717, 1.165) is 16.5 Å². The maximum absolute atomic E-state index is 12.7. The topological polar surface area (TPSA) is 113 Å². The van der Waals surface area contributed by atoms with Crippen LogP contribution in [0.2, 0.25) is 0 Å². The van der Waals surface area contributed by atoms with Crippen molar-refractivity contribution in [2.45, 2.75) is 6.92 Å². The largest absolute Gasteiger partial charge is 0.506 e. The Morgan fingerprint density at radius 2 is 1.88 bits per heavy atom. The summed E-state index contributed by atoms with van der Waals surface area (Å²) >= 11 is 6.00. The number of carbonyl (C=O) groups excluding carboxylic acids is 2. The first-order chi connectivity index (χ1) is 12.3. The summed E-state index contributed by atoms with van der Waals surface area (Å²) in [5.41, 5.74) is 0.563. The number of benzene rings is 2. The van der Waals surface area contributed by atoms with Crippen LogP contribution in [0, 0.1) is 17.0 Å². The Labute approximate surface area is 152 Å². The fourth-order valence-electron chi connectivity index (χ4n) is 2.48. The Balaban J connectivity index is 1.96. The van der Waals surface area contributed by atoms with Gasteiger partial charge in [0.2, 0.25) is 0 Å². The number of hydrogen-bond acceptors (Lipinski definition) is 6. The van der Waals surface area contributed by atoms with Gasteiger partial charge in [-0.3, -0.25) is 19.7 Å². The third kappa shape index (κ3) is 2.98. The van der Waals surface area contributed by atoms with Crippen LogP contribution in [0.1, 0.15) is 5.56 Å². The summed E-state index contributed by atoms with van der Waals surface area (Å²) < 4.78 is 0. The van der Waals surface area contributed by atoms with Crippen LogP contribution >= 0.6 is 11.6 Å². The maximum Gasteiger partial charge on any atom is 0.283 e. The Kier molecular flexibility index (Phi) is 4.35. The molecule has 132 valence electrons. The molecule has 0 spiro atoms. The van der Waals surface area contributed by atoms with Crippen molar-refractivity contribution in [3.63, 3.8) is 0 Å². The van der Waals surface area contributed by atoms with E-state index in [9.17, 15) is 24.8 Å². The van der Waals surface area contributed by atoms with Gasteiger partial charge in [0, 0.05) is 12.1 Å². The van der Waals surface area contributed by atoms with Crippen molar-refractivity contribution >= 4 is 40.5 Å². The number of anilines is 2. The molecule has 2 amide bonds. The summed E-state index contributed by atoms with van der Waals surface area (Å²) in [6.45, 7) is 1.79. The molecule has 0 atom stereocenters. The molecule has 26 heavy (non-hydrogen) atoms. The molecule has 0 radical (unpaired) electrons. The molecule has 8 nitrogen and oxygen atoms in total. The van der Waals surface area contributed by atoms with Crippen molar-refractivity contribution in [2.24, 2.45) is 0 Å². The van der Waals surface area contributed by atoms with Crippen LogP contribution in [0.15, 0.2) is 53.2 Å². The second-order valence-corrected chi connectivity index (χ2v) is 5.94. The van der Waals surface area contributed by atoms with E-state index < -0.39 is 16.7 Å². The van der Waals surface area contributed by atoms with Gasteiger partial charge in [0.1, 0.15) is 16.5 Å². The highest BCUT2D eigenvalue weighted by molar-refractivity contribution is 6.53. The Morgan fingerprint density at radius 3 is 2.58 bits per heavy atom. The van der Waals surface area contributed by atoms with Crippen LogP contribution in [-0.2, 0) is 9.59 Å². The number of aryl methyl sites for hydroxylation is 1. The normalized spacial score (nSPS) is 14.2. The maximum atomic E-state index is 12.7. The number of nitro benzene ring substituents is 1. The number of non-ortho nitro benzene ring substituents is 1. The first kappa shape index (κ1) is 17.4. The van der Waals surface area contributed by atoms with Crippen molar-refractivity contribution in [3.8, 4) is 5.75 Å². The number of phenols is 1. The summed E-state index contributed by atoms with van der Waals surface area (Å²) in [6, 6.07) is 9.79. The summed E-state index contributed by atoms with van der Waals surface area (Å²) in [5, 5.41) is 23.1. The van der Waals surface area contributed by atoms with Gasteiger partial charge < -0.3 is 10.4 Å². The van der Waals surface area contributed by atoms with Crippen LogP contribution in [0.4, 0.5) is 17.1 Å². The van der Waals surface area contributed by atoms with E-state index in [1.165, 1.54) is 24.3 Å². The van der Waals surface area contributed by atoms with E-state index in [1.54, 1.807) is 19.1 Å². The number of imide groups is 1. The molecule has 3 rings (SSSR count). The first-order valence-corrected chi connectivity index (χ1v) is 7.77. The lowest BCUT2D eigenvalue weighted by molar-refractivity contribution is -0.384. The van der Waals surface area contributed by atoms with Crippen molar-refractivity contribution in [2.75, 3.05) is 10.2 Å². The minimum Gasteiger partial charge on any atom is -0.506 e. The summed E-state index contributed by atoms with van der Waals surface area (Å²) in [6.07, 6.45) is 0. The molecule has 1 aliphatic heterocycles. The summed E-state index contributed by atoms with van der Waals surface area (Å²) in [5.74, 6) is -1.71. The van der Waals surface area contributed by atoms with Crippen molar-refractivity contribution in [1.82, 2.24) is 0 Å². The zero-order valence-corrected chi connectivity index (χ0v) is 14.1. The van der Waals surface area contributed by atoms with E-state index in [-0.39, 0.29) is 33.5 Å². The standard InChI is InChI=1S/C17H12ClN3O5/c1-9-5-6-13(22)12(7-9)19-15-14(18)16(23)20(17(15)24)10-3-2-4-11(8-10)21(25)26/h2-8,19,22H,1H3. The Bertz CT molecular complexity index is 986. The predicted molar refractivity (Wildman–Crippen MR) is 94.9 cm³/mol. The molecule has 1 aliphatic rings. The average molecular weight is 374 g/mol. The van der Waals surface area contributed by atoms with Gasteiger partial charge in [0.05, 0.1) is 16.3 Å². The number of nitrogens with one attached hydrogen (secondary N) is 1. The molecule has 2 aromatic carbocycles. The fraction of sp³-hybridized carbons (Fsp3) is 0.0588. The number of carbonyl (C=O) groups is 2. The van der Waals surface area contributed by atoms with Crippen molar-refractivity contribution < 1.29 is 19.6 Å². The van der Waals surface area contributed by atoms with Gasteiger partial charge in [-0.25, -0.2) is 4.90 Å². The molecular weight excluding hydrogens is 362 g/mol. The monoisotopic (exact) mass is 373 g/mol. The minimum atomic E-state index is -0.813. The predicted octanol–water partition coefficient (Wildman–Crippen LogP) is 3.04. The highest BCUT2D eigenvalue weighted by atomic mass is 35.5. The molecule has 2 N–H and O–H groups in total. The quantitative estimate of drug-likeness (QED) is 0.368. The fourth-order valence-corrected chi connectivity index (χ4v) is 2.69. The van der Waals surface area contributed by atoms with Gasteiger partial charge >= 0.3 is 0 Å². The molecule has 9 heteroatoms. The van der Waals surface area contributed by atoms with E-state index in [1.807, 2.05) is 0 Å². The molecule has 0 unspecified atom stereocenters. The Morgan fingerprint density at radius 1 is 1.15 bits per heavy atom. The lowest BCUT2D eigenvalue weighted by atomic mass is 10.2. The van der Waals surface area contributed by atoms with E-state index in [2.05, 4.69) is 5.32 Å². The highest BCUT2D eigenvalue weighted by Crippen LogP contribution is 2.33. The molecule has 0 fully saturated rings. The molecule has 0 saturated heterocycles. The molecule has 2 aromatic rings. The smallest absolute Gasteiger partial charge is 0.283 e. The van der Waals surface area contributed by atoms with Gasteiger partial charge in [-0.1, -0.05) is 23.7 Å². The summed E-state index contributed by atoms with van der Waals surface area (Å²) in [4.78, 5) is 36.1. The van der Waals surface area contributed by atoms with Gasteiger partial charge in [0.25, 0.3) is 17.5 Å². The van der Waals surface area contributed by atoms with E-state index in [0.29, 0.717) is 0 Å². The number of halogens is 1. The molecular formula is C17H12ClN3O5. The number of aromatic hydroxyl groups is 1. The zero-order valence-electron chi connectivity index (χ0n) is 13.4. The number of amides is 2. The number of rotatable bonds is 4. The molecule has 0 bridgehead atoms. The van der Waals surface area contributed by atoms with Crippen LogP contribution in [0.3, 0.4) is 0 Å². The number of nitro groups is 1. The molecule has 1 heterocycles. The first-order valence-electron chi connectivity index (χ1n) is 7.39. The molecule has 0 saturated carbocycles. The molecule has 0 aliphatic carbocycles. The highest BCUT2D eigenvalue weighted by Gasteiger charge is 2.39. The van der Waals surface area contributed by atoms with Crippen molar-refractivity contribution in [1.29, 1.82) is 0 Å². The minimum absolute atomic E-state index is 0.0256. The van der Waals surface area contributed by atoms with E-state index >= 15 is 0 Å². The van der Waals surface area contributed by atoms with Gasteiger partial charge in [0.15, 0.2) is 0 Å². The van der Waals surface area contributed by atoms with Crippen LogP contribution < -0.4 is 10.2 Å². The Hall–Kier alpha value is -3.39. The van der Waals surface area contributed by atoms with Crippen LogP contribution in [0.5, 0.6) is 5.75 Å². The van der Waals surface area contributed by atoms with Crippen LogP contribution in [0.25, 0.3) is 0 Å².